The molecule has 0 spiro atoms. The summed E-state index contributed by atoms with van der Waals surface area (Å²) >= 11 is 0. The molecule has 2 bridgehead atoms. The van der Waals surface area contributed by atoms with Gasteiger partial charge in [-0.3, -0.25) is 4.79 Å². The Balaban J connectivity index is 1.86. The van der Waals surface area contributed by atoms with E-state index in [4.69, 9.17) is 0 Å². The molecule has 1 fully saturated rings. The Morgan fingerprint density at radius 2 is 1.30 bits per heavy atom. The third kappa shape index (κ3) is 1.09. The van der Waals surface area contributed by atoms with Gasteiger partial charge in [0.25, 0.3) is 0 Å². The van der Waals surface area contributed by atoms with Crippen LogP contribution in [-0.2, 0) is 4.79 Å². The van der Waals surface area contributed by atoms with Gasteiger partial charge in [-0.25, -0.2) is 0 Å². The lowest BCUT2D eigenvalue weighted by atomic mass is 9.55. The predicted octanol–water partition coefficient (Wildman–Crippen LogP) is 2.64. The van der Waals surface area contributed by atoms with Crippen LogP contribution in [0.15, 0.2) is 48.5 Å². The summed E-state index contributed by atoms with van der Waals surface area (Å²) < 4.78 is 0. The lowest BCUT2D eigenvalue weighted by molar-refractivity contribution is -0.123. The lowest BCUT2D eigenvalue weighted by Crippen LogP contribution is -2.40. The number of nitrogens with one attached hydrogen (secondary N) is 1. The van der Waals surface area contributed by atoms with Crippen molar-refractivity contribution in [3.05, 3.63) is 70.8 Å². The third-order valence-electron chi connectivity index (χ3n) is 5.40. The fourth-order valence-electron chi connectivity index (χ4n) is 4.72. The van der Waals surface area contributed by atoms with Gasteiger partial charge in [0.15, 0.2) is 0 Å². The van der Waals surface area contributed by atoms with Gasteiger partial charge in [0.2, 0.25) is 5.91 Å². The van der Waals surface area contributed by atoms with E-state index in [1.54, 1.807) is 0 Å². The number of rotatable bonds is 0. The molecule has 4 aliphatic rings. The predicted molar refractivity (Wildman–Crippen MR) is 76.6 cm³/mol. The Morgan fingerprint density at radius 1 is 0.800 bits per heavy atom. The van der Waals surface area contributed by atoms with Crippen molar-refractivity contribution in [2.75, 3.05) is 6.54 Å². The molecule has 0 saturated carbocycles. The summed E-state index contributed by atoms with van der Waals surface area (Å²) in [5, 5.41) is 3.09. The normalized spacial score (nSPS) is 32.3. The first-order valence-electron chi connectivity index (χ1n) is 7.31. The summed E-state index contributed by atoms with van der Waals surface area (Å²) in [4.78, 5) is 12.3. The van der Waals surface area contributed by atoms with Gasteiger partial charge in [-0.1, -0.05) is 48.5 Å². The zero-order valence-electron chi connectivity index (χ0n) is 11.0. The molecule has 1 amide bonds. The van der Waals surface area contributed by atoms with Crippen molar-refractivity contribution in [2.24, 2.45) is 11.8 Å². The maximum absolute atomic E-state index is 12.3. The third-order valence-corrected chi connectivity index (χ3v) is 5.40. The van der Waals surface area contributed by atoms with Crippen molar-refractivity contribution < 1.29 is 4.79 Å². The highest BCUT2D eigenvalue weighted by Crippen LogP contribution is 2.59. The van der Waals surface area contributed by atoms with Gasteiger partial charge in [0, 0.05) is 18.4 Å². The van der Waals surface area contributed by atoms with Gasteiger partial charge >= 0.3 is 0 Å². The highest BCUT2D eigenvalue weighted by Gasteiger charge is 2.54. The van der Waals surface area contributed by atoms with E-state index in [-0.39, 0.29) is 17.7 Å². The first kappa shape index (κ1) is 10.7. The van der Waals surface area contributed by atoms with Gasteiger partial charge < -0.3 is 5.32 Å². The van der Waals surface area contributed by atoms with Crippen molar-refractivity contribution in [3.8, 4) is 0 Å². The van der Waals surface area contributed by atoms with Crippen LogP contribution in [0.5, 0.6) is 0 Å². The number of amides is 1. The Morgan fingerprint density at radius 3 is 1.85 bits per heavy atom. The van der Waals surface area contributed by atoms with E-state index >= 15 is 0 Å². The fourth-order valence-corrected chi connectivity index (χ4v) is 4.72. The van der Waals surface area contributed by atoms with Gasteiger partial charge in [0.1, 0.15) is 0 Å². The number of hydrogen-bond acceptors (Lipinski definition) is 1. The fraction of sp³-hybridized carbons (Fsp3) is 0.278. The van der Waals surface area contributed by atoms with Crippen LogP contribution in [0.2, 0.25) is 0 Å². The van der Waals surface area contributed by atoms with Gasteiger partial charge in [0.05, 0.1) is 5.92 Å². The molecule has 1 N–H and O–H groups in total. The second-order valence-electron chi connectivity index (χ2n) is 6.15. The standard InChI is InChI=1S/C18H15NO/c20-18-17-14(9-19-18)15-10-5-1-3-7-12(10)16(17)13-8-4-2-6-11(13)15/h1-8,14-17H,9H2,(H,19,20). The van der Waals surface area contributed by atoms with Crippen molar-refractivity contribution in [1.29, 1.82) is 0 Å². The molecule has 2 unspecified atom stereocenters. The number of carbonyl (C=O) groups is 1. The SMILES string of the molecule is O=C1NCC2C3c4ccccc4C(c4ccccc43)C12. The molecule has 98 valence electrons. The smallest absolute Gasteiger partial charge is 0.224 e. The Kier molecular flexibility index (Phi) is 1.87. The molecule has 2 atom stereocenters. The quantitative estimate of drug-likeness (QED) is 0.776. The first-order chi connectivity index (χ1) is 9.86. The van der Waals surface area contributed by atoms with E-state index in [9.17, 15) is 4.79 Å². The molecular formula is C18H15NO. The van der Waals surface area contributed by atoms with Crippen LogP contribution in [0.3, 0.4) is 0 Å². The maximum Gasteiger partial charge on any atom is 0.224 e. The monoisotopic (exact) mass is 261 g/mol. The average Bonchev–Trinajstić information content (AvgIpc) is 2.90. The number of hydrogen-bond donors (Lipinski definition) is 1. The molecule has 2 heteroatoms. The molecule has 1 saturated heterocycles. The Labute approximate surface area is 117 Å². The minimum atomic E-state index is 0.129. The summed E-state index contributed by atoms with van der Waals surface area (Å²) in [7, 11) is 0. The van der Waals surface area contributed by atoms with Gasteiger partial charge in [-0.2, -0.15) is 0 Å². The van der Waals surface area contributed by atoms with Gasteiger partial charge in [-0.05, 0) is 28.2 Å². The molecule has 6 rings (SSSR count). The van der Waals surface area contributed by atoms with E-state index in [1.807, 2.05) is 0 Å². The summed E-state index contributed by atoms with van der Waals surface area (Å²) in [6, 6.07) is 17.4. The molecule has 2 aromatic carbocycles. The minimum absolute atomic E-state index is 0.129. The van der Waals surface area contributed by atoms with Crippen molar-refractivity contribution >= 4 is 5.91 Å². The maximum atomic E-state index is 12.3. The minimum Gasteiger partial charge on any atom is -0.355 e. The van der Waals surface area contributed by atoms with Crippen LogP contribution in [0, 0.1) is 11.8 Å². The van der Waals surface area contributed by atoms with E-state index < -0.39 is 0 Å². The molecular weight excluding hydrogens is 246 g/mol. The first-order valence-corrected chi connectivity index (χ1v) is 7.31. The molecule has 3 aliphatic carbocycles. The molecule has 1 aliphatic heterocycles. The largest absolute Gasteiger partial charge is 0.355 e. The zero-order chi connectivity index (χ0) is 13.3. The topological polar surface area (TPSA) is 29.1 Å². The summed E-state index contributed by atoms with van der Waals surface area (Å²) in [6.45, 7) is 0.827. The molecule has 2 aromatic rings. The van der Waals surface area contributed by atoms with Crippen LogP contribution in [0.25, 0.3) is 0 Å². The number of benzene rings is 2. The van der Waals surface area contributed by atoms with Crippen LogP contribution >= 0.6 is 0 Å². The van der Waals surface area contributed by atoms with E-state index in [2.05, 4.69) is 53.8 Å². The summed E-state index contributed by atoms with van der Waals surface area (Å²) in [5.74, 6) is 1.44. The second kappa shape index (κ2) is 3.51. The molecule has 0 radical (unpaired) electrons. The highest BCUT2D eigenvalue weighted by atomic mass is 16.2. The van der Waals surface area contributed by atoms with Crippen LogP contribution in [-0.4, -0.2) is 12.5 Å². The molecule has 0 aromatic heterocycles. The van der Waals surface area contributed by atoms with Crippen molar-refractivity contribution in [3.63, 3.8) is 0 Å². The van der Waals surface area contributed by atoms with E-state index in [1.165, 1.54) is 22.3 Å². The molecule has 1 heterocycles. The van der Waals surface area contributed by atoms with E-state index in [0.29, 0.717) is 11.8 Å². The number of carbonyl (C=O) groups excluding carboxylic acids is 1. The van der Waals surface area contributed by atoms with E-state index in [0.717, 1.165) is 6.54 Å². The van der Waals surface area contributed by atoms with Crippen molar-refractivity contribution in [2.45, 2.75) is 11.8 Å². The second-order valence-corrected chi connectivity index (χ2v) is 6.15. The lowest BCUT2D eigenvalue weighted by Gasteiger charge is -2.46. The van der Waals surface area contributed by atoms with Gasteiger partial charge in [-0.15, -0.1) is 0 Å². The molecule has 2 nitrogen and oxygen atoms in total. The average molecular weight is 261 g/mol. The molecule has 20 heavy (non-hydrogen) atoms. The Hall–Kier alpha value is -2.09. The summed E-state index contributed by atoms with van der Waals surface area (Å²) in [6.07, 6.45) is 0. The van der Waals surface area contributed by atoms with Crippen LogP contribution < -0.4 is 5.32 Å². The highest BCUT2D eigenvalue weighted by molar-refractivity contribution is 5.85. The van der Waals surface area contributed by atoms with Crippen LogP contribution in [0.1, 0.15) is 34.1 Å². The zero-order valence-corrected chi connectivity index (χ0v) is 11.0. The van der Waals surface area contributed by atoms with Crippen molar-refractivity contribution in [1.82, 2.24) is 5.32 Å². The summed E-state index contributed by atoms with van der Waals surface area (Å²) in [5.41, 5.74) is 5.62. The Bertz CT molecular complexity index is 688. The van der Waals surface area contributed by atoms with Crippen LogP contribution in [0.4, 0.5) is 0 Å².